The number of rotatable bonds is 6. The Morgan fingerprint density at radius 1 is 1.06 bits per heavy atom. The van der Waals surface area contributed by atoms with E-state index in [1.165, 1.54) is 23.8 Å². The van der Waals surface area contributed by atoms with Crippen molar-refractivity contribution in [3.8, 4) is 0 Å². The van der Waals surface area contributed by atoms with Crippen LogP contribution >= 0.6 is 0 Å². The van der Waals surface area contributed by atoms with Crippen LogP contribution in [0.5, 0.6) is 0 Å². The molecule has 0 saturated carbocycles. The van der Waals surface area contributed by atoms with Gasteiger partial charge in [-0.25, -0.2) is 4.98 Å². The van der Waals surface area contributed by atoms with Gasteiger partial charge in [0, 0.05) is 30.0 Å². The fourth-order valence-electron chi connectivity index (χ4n) is 3.86. The van der Waals surface area contributed by atoms with Crippen molar-refractivity contribution < 1.29 is 9.53 Å². The third-order valence-corrected chi connectivity index (χ3v) is 5.74. The van der Waals surface area contributed by atoms with E-state index in [9.17, 15) is 4.79 Å². The Bertz CT molecular complexity index is 1180. The fraction of sp³-hybridized carbons (Fsp3) is 0.269. The number of nitrogens with zero attached hydrogens (tertiary/aromatic N) is 2. The van der Waals surface area contributed by atoms with Gasteiger partial charge in [-0.15, -0.1) is 0 Å². The molecule has 0 amide bonds. The molecule has 158 valence electrons. The molecule has 0 radical (unpaired) electrons. The number of nitrogens with two attached hydrogens (primary N) is 1. The normalized spacial score (nSPS) is 12.9. The van der Waals surface area contributed by atoms with E-state index >= 15 is 0 Å². The highest BCUT2D eigenvalue weighted by molar-refractivity contribution is 5.95. The lowest BCUT2D eigenvalue weighted by atomic mass is 10.00. The zero-order valence-electron chi connectivity index (χ0n) is 18.0. The number of carbonyl (C=O) groups excluding carboxylic acids is 1. The average Bonchev–Trinajstić information content (AvgIpc) is 2.98. The van der Waals surface area contributed by atoms with Gasteiger partial charge in [-0.3, -0.25) is 9.78 Å². The lowest BCUT2D eigenvalue weighted by Gasteiger charge is -2.11. The summed E-state index contributed by atoms with van der Waals surface area (Å²) in [7, 11) is 1.42. The number of anilines is 1. The summed E-state index contributed by atoms with van der Waals surface area (Å²) in [4.78, 5) is 20.5. The van der Waals surface area contributed by atoms with Crippen LogP contribution in [0.3, 0.4) is 0 Å². The van der Waals surface area contributed by atoms with Crippen molar-refractivity contribution in [1.29, 1.82) is 0 Å². The number of fused-ring (bicyclic) bond motifs is 3. The molecule has 0 unspecified atom stereocenters. The van der Waals surface area contributed by atoms with Crippen LogP contribution in [0.1, 0.15) is 41.3 Å². The van der Waals surface area contributed by atoms with Crippen molar-refractivity contribution in [2.75, 3.05) is 12.8 Å². The molecule has 0 atom stereocenters. The van der Waals surface area contributed by atoms with Gasteiger partial charge >= 0.3 is 5.97 Å². The Kier molecular flexibility index (Phi) is 6.12. The molecule has 2 aromatic heterocycles. The number of ether oxygens (including phenoxy) is 1. The molecule has 1 aliphatic rings. The summed E-state index contributed by atoms with van der Waals surface area (Å²) in [5.41, 5.74) is 13.9. The van der Waals surface area contributed by atoms with Crippen LogP contribution in [0.4, 0.5) is 5.82 Å². The van der Waals surface area contributed by atoms with E-state index in [0.29, 0.717) is 18.7 Å². The summed E-state index contributed by atoms with van der Waals surface area (Å²) in [6.45, 7) is 2.10. The number of carbonyl (C=O) groups is 1. The predicted octanol–water partition coefficient (Wildman–Crippen LogP) is 4.62. The molecule has 4 rings (SSSR count). The largest absolute Gasteiger partial charge is 0.469 e. The molecule has 5 heteroatoms. The van der Waals surface area contributed by atoms with E-state index in [1.54, 1.807) is 0 Å². The summed E-state index contributed by atoms with van der Waals surface area (Å²) in [5, 5.41) is 1.07. The van der Waals surface area contributed by atoms with Gasteiger partial charge in [0.25, 0.3) is 0 Å². The zero-order chi connectivity index (χ0) is 21.8. The Morgan fingerprint density at radius 2 is 1.77 bits per heavy atom. The second-order valence-electron chi connectivity index (χ2n) is 7.98. The molecule has 2 N–H and O–H groups in total. The van der Waals surface area contributed by atoms with E-state index in [2.05, 4.69) is 65.5 Å². The first-order valence-electron chi connectivity index (χ1n) is 10.6. The van der Waals surface area contributed by atoms with Gasteiger partial charge in [0.15, 0.2) is 0 Å². The topological polar surface area (TPSA) is 78.1 Å². The molecule has 0 bridgehead atoms. The molecule has 31 heavy (non-hydrogen) atoms. The van der Waals surface area contributed by atoms with Gasteiger partial charge in [0.05, 0.1) is 12.8 Å². The molecule has 1 aromatic carbocycles. The summed E-state index contributed by atoms with van der Waals surface area (Å²) < 4.78 is 4.70. The van der Waals surface area contributed by atoms with Crippen molar-refractivity contribution in [3.05, 3.63) is 82.2 Å². The van der Waals surface area contributed by atoms with Crippen LogP contribution in [0.15, 0.2) is 54.3 Å². The molecule has 0 aliphatic heterocycles. The van der Waals surface area contributed by atoms with Gasteiger partial charge in [0.1, 0.15) is 11.3 Å². The number of esters is 1. The summed E-state index contributed by atoms with van der Waals surface area (Å²) in [6.07, 6.45) is 12.0. The Morgan fingerprint density at radius 3 is 2.52 bits per heavy atom. The Hall–Kier alpha value is -3.47. The minimum atomic E-state index is -0.178. The lowest BCUT2D eigenvalue weighted by molar-refractivity contribution is -0.140. The number of methoxy groups -OCH3 is 1. The van der Waals surface area contributed by atoms with Gasteiger partial charge in [0.2, 0.25) is 0 Å². The van der Waals surface area contributed by atoms with Gasteiger partial charge in [-0.2, -0.15) is 0 Å². The van der Waals surface area contributed by atoms with E-state index in [4.69, 9.17) is 10.5 Å². The summed E-state index contributed by atoms with van der Waals surface area (Å²) in [5.74, 6) is 0.312. The van der Waals surface area contributed by atoms with Crippen LogP contribution in [0.2, 0.25) is 0 Å². The van der Waals surface area contributed by atoms with E-state index in [-0.39, 0.29) is 5.97 Å². The molecule has 1 aliphatic carbocycles. The maximum atomic E-state index is 11.3. The second-order valence-corrected chi connectivity index (χ2v) is 7.98. The maximum absolute atomic E-state index is 11.3. The van der Waals surface area contributed by atoms with Crippen LogP contribution < -0.4 is 5.73 Å². The number of hydrogen-bond donors (Lipinski definition) is 1. The van der Waals surface area contributed by atoms with Crippen LogP contribution in [-0.4, -0.2) is 23.0 Å². The molecular formula is C26H27N3O2. The summed E-state index contributed by atoms with van der Waals surface area (Å²) in [6, 6.07) is 10.6. The van der Waals surface area contributed by atoms with Crippen molar-refractivity contribution in [1.82, 2.24) is 9.97 Å². The van der Waals surface area contributed by atoms with Crippen molar-refractivity contribution in [2.45, 2.75) is 39.0 Å². The van der Waals surface area contributed by atoms with Crippen LogP contribution in [0.25, 0.3) is 17.0 Å². The quantitative estimate of drug-likeness (QED) is 0.597. The zero-order valence-corrected chi connectivity index (χ0v) is 18.0. The fourth-order valence-corrected chi connectivity index (χ4v) is 3.86. The number of nitrogen functional groups attached to an aromatic ring is 1. The molecule has 5 nitrogen and oxygen atoms in total. The molecule has 3 aromatic rings. The number of aryl methyl sites for hydroxylation is 3. The maximum Gasteiger partial charge on any atom is 0.305 e. The molecule has 2 heterocycles. The summed E-state index contributed by atoms with van der Waals surface area (Å²) >= 11 is 0. The highest BCUT2D eigenvalue weighted by atomic mass is 16.5. The standard InChI is InChI=1S/C26H27N3O2/c1-17-3-12-21-22-15-20(16-28-25(22)26(27)29-23(21)13-4-17)10-9-18-5-7-19(8-6-18)11-14-24(30)31-2/h3-8,12,15-16H,9-11,13-14H2,1-2H3,(H2,27,29). The van der Waals surface area contributed by atoms with Gasteiger partial charge in [-0.1, -0.05) is 48.1 Å². The van der Waals surface area contributed by atoms with Crippen LogP contribution in [-0.2, 0) is 35.2 Å². The highest BCUT2D eigenvalue weighted by Gasteiger charge is 2.13. The minimum absolute atomic E-state index is 0.178. The minimum Gasteiger partial charge on any atom is -0.469 e. The third kappa shape index (κ3) is 4.82. The number of aromatic nitrogens is 2. The highest BCUT2D eigenvalue weighted by Crippen LogP contribution is 2.29. The van der Waals surface area contributed by atoms with E-state index in [0.717, 1.165) is 47.0 Å². The Balaban J connectivity index is 1.51. The SMILES string of the molecule is COC(=O)CCc1ccc(CCc2cnc3c(N)nc4c(c3c2)C=CC(C)=CC4)cc1. The van der Waals surface area contributed by atoms with Gasteiger partial charge < -0.3 is 10.5 Å². The van der Waals surface area contributed by atoms with E-state index < -0.39 is 0 Å². The lowest BCUT2D eigenvalue weighted by Crippen LogP contribution is -2.03. The van der Waals surface area contributed by atoms with Crippen molar-refractivity contribution >= 4 is 28.8 Å². The number of allylic oxidation sites excluding steroid dienone is 3. The Labute approximate surface area is 182 Å². The van der Waals surface area contributed by atoms with Crippen LogP contribution in [0, 0.1) is 0 Å². The number of benzene rings is 1. The first-order chi connectivity index (χ1) is 15.0. The molecular weight excluding hydrogens is 386 g/mol. The molecule has 0 spiro atoms. The molecule has 0 saturated heterocycles. The van der Waals surface area contributed by atoms with Crippen molar-refractivity contribution in [3.63, 3.8) is 0 Å². The average molecular weight is 414 g/mol. The van der Waals surface area contributed by atoms with Crippen molar-refractivity contribution in [2.24, 2.45) is 0 Å². The number of pyridine rings is 2. The monoisotopic (exact) mass is 413 g/mol. The van der Waals surface area contributed by atoms with E-state index in [1.807, 2.05) is 6.20 Å². The smallest absolute Gasteiger partial charge is 0.305 e. The first kappa shape index (κ1) is 20.8. The molecule has 0 fully saturated rings. The predicted molar refractivity (Wildman–Crippen MR) is 125 cm³/mol. The first-order valence-corrected chi connectivity index (χ1v) is 10.6. The number of hydrogen-bond acceptors (Lipinski definition) is 5. The third-order valence-electron chi connectivity index (χ3n) is 5.74. The van der Waals surface area contributed by atoms with Gasteiger partial charge in [-0.05, 0) is 48.9 Å². The second kappa shape index (κ2) is 9.13.